The zero-order valence-electron chi connectivity index (χ0n) is 7.86. The minimum atomic E-state index is -3.83. The Hall–Kier alpha value is -0.700. The fourth-order valence-electron chi connectivity index (χ4n) is 1.27. The van der Waals surface area contributed by atoms with Crippen molar-refractivity contribution in [3.63, 3.8) is 0 Å². The van der Waals surface area contributed by atoms with E-state index in [9.17, 15) is 8.42 Å². The summed E-state index contributed by atoms with van der Waals surface area (Å²) in [5.74, 6) is 0. The molecule has 0 spiro atoms. The molecule has 0 aliphatic carbocycles. The highest BCUT2D eigenvalue weighted by atomic mass is 35.7. The van der Waals surface area contributed by atoms with Crippen LogP contribution in [0, 0.1) is 11.3 Å². The van der Waals surface area contributed by atoms with Crippen molar-refractivity contribution in [3.8, 4) is 6.07 Å². The first-order chi connectivity index (χ1) is 6.90. The average molecular weight is 262 g/mol. The fraction of sp³-hybridized carbons (Fsp3) is 0.222. The van der Waals surface area contributed by atoms with Crippen molar-refractivity contribution >= 4 is 32.4 Å². The molecule has 15 heavy (non-hydrogen) atoms. The van der Waals surface area contributed by atoms with Crippen molar-refractivity contribution in [2.45, 2.75) is 23.1 Å². The molecular formula is C9H8ClNO2S2. The van der Waals surface area contributed by atoms with Gasteiger partial charge in [-0.05, 0) is 24.1 Å². The molecule has 0 N–H and O–H groups in total. The molecule has 1 rings (SSSR count). The topological polar surface area (TPSA) is 57.9 Å². The Kier molecular flexibility index (Phi) is 3.66. The number of thiol groups is 1. The van der Waals surface area contributed by atoms with Crippen LogP contribution in [0.15, 0.2) is 21.9 Å². The van der Waals surface area contributed by atoms with Gasteiger partial charge in [0.1, 0.15) is 0 Å². The average Bonchev–Trinajstić information content (AvgIpc) is 2.15. The number of nitriles is 1. The monoisotopic (exact) mass is 261 g/mol. The minimum Gasteiger partial charge on any atom is -0.207 e. The molecule has 80 valence electrons. The lowest BCUT2D eigenvalue weighted by Gasteiger charge is -2.07. The molecular weight excluding hydrogens is 254 g/mol. The van der Waals surface area contributed by atoms with Crippen LogP contribution in [-0.2, 0) is 15.5 Å². The quantitative estimate of drug-likeness (QED) is 0.657. The van der Waals surface area contributed by atoms with Crippen LogP contribution in [0.25, 0.3) is 0 Å². The normalized spacial score (nSPS) is 11.1. The van der Waals surface area contributed by atoms with E-state index in [1.165, 1.54) is 12.1 Å². The van der Waals surface area contributed by atoms with E-state index in [2.05, 4.69) is 12.6 Å². The molecule has 0 heterocycles. The molecule has 0 bridgehead atoms. The molecule has 0 aliphatic rings. The second-order valence-corrected chi connectivity index (χ2v) is 5.89. The van der Waals surface area contributed by atoms with E-state index in [-0.39, 0.29) is 10.5 Å². The van der Waals surface area contributed by atoms with Gasteiger partial charge in [-0.1, -0.05) is 6.92 Å². The molecule has 0 aliphatic heterocycles. The smallest absolute Gasteiger partial charge is 0.207 e. The van der Waals surface area contributed by atoms with E-state index in [1.807, 2.05) is 6.07 Å². The van der Waals surface area contributed by atoms with Crippen molar-refractivity contribution < 1.29 is 8.42 Å². The lowest BCUT2D eigenvalue weighted by molar-refractivity contribution is 0.608. The summed E-state index contributed by atoms with van der Waals surface area (Å²) in [6.45, 7) is 1.80. The standard InChI is InChI=1S/C9H8ClNO2S2/c1-2-7-8(14)3-6(5-11)4-9(7)15(10,12)13/h3-4,14H,2H2,1H3. The molecule has 1 aromatic carbocycles. The molecule has 6 heteroatoms. The fourth-order valence-corrected chi connectivity index (χ4v) is 2.99. The molecule has 0 saturated carbocycles. The van der Waals surface area contributed by atoms with E-state index in [4.69, 9.17) is 15.9 Å². The summed E-state index contributed by atoms with van der Waals surface area (Å²) in [6, 6.07) is 4.65. The summed E-state index contributed by atoms with van der Waals surface area (Å²) in [6.07, 6.45) is 0.492. The largest absolute Gasteiger partial charge is 0.261 e. The van der Waals surface area contributed by atoms with Gasteiger partial charge in [0.15, 0.2) is 0 Å². The van der Waals surface area contributed by atoms with Crippen LogP contribution in [-0.4, -0.2) is 8.42 Å². The first-order valence-electron chi connectivity index (χ1n) is 4.10. The van der Waals surface area contributed by atoms with E-state index < -0.39 is 9.05 Å². The Bertz CT molecular complexity index is 532. The molecule has 0 aromatic heterocycles. The lowest BCUT2D eigenvalue weighted by atomic mass is 10.1. The Morgan fingerprint density at radius 2 is 2.13 bits per heavy atom. The van der Waals surface area contributed by atoms with Crippen LogP contribution in [0.3, 0.4) is 0 Å². The van der Waals surface area contributed by atoms with Crippen LogP contribution in [0.5, 0.6) is 0 Å². The number of benzene rings is 1. The zero-order valence-corrected chi connectivity index (χ0v) is 10.3. The molecule has 0 amide bonds. The molecule has 1 aromatic rings. The third kappa shape index (κ3) is 2.65. The first-order valence-corrected chi connectivity index (χ1v) is 6.86. The predicted octanol–water partition coefficient (Wildman–Crippen LogP) is 2.34. The third-order valence-corrected chi connectivity index (χ3v) is 3.72. The summed E-state index contributed by atoms with van der Waals surface area (Å²) in [5, 5.41) is 8.69. The Morgan fingerprint density at radius 3 is 2.53 bits per heavy atom. The van der Waals surface area contributed by atoms with Crippen molar-refractivity contribution in [2.75, 3.05) is 0 Å². The van der Waals surface area contributed by atoms with Crippen molar-refractivity contribution in [3.05, 3.63) is 23.3 Å². The van der Waals surface area contributed by atoms with Gasteiger partial charge in [0, 0.05) is 15.6 Å². The number of hydrogen-bond donors (Lipinski definition) is 1. The van der Waals surface area contributed by atoms with Crippen LogP contribution in [0.1, 0.15) is 18.1 Å². The maximum atomic E-state index is 11.3. The Balaban J connectivity index is 3.63. The van der Waals surface area contributed by atoms with Crippen molar-refractivity contribution in [1.82, 2.24) is 0 Å². The summed E-state index contributed by atoms with van der Waals surface area (Å²) in [5.41, 5.74) is 0.767. The van der Waals surface area contributed by atoms with Gasteiger partial charge < -0.3 is 0 Å². The predicted molar refractivity (Wildman–Crippen MR) is 60.8 cm³/mol. The van der Waals surface area contributed by atoms with Gasteiger partial charge >= 0.3 is 0 Å². The minimum absolute atomic E-state index is 0.0317. The lowest BCUT2D eigenvalue weighted by Crippen LogP contribution is -1.99. The van der Waals surface area contributed by atoms with E-state index >= 15 is 0 Å². The first kappa shape index (κ1) is 12.4. The highest BCUT2D eigenvalue weighted by Gasteiger charge is 2.17. The summed E-state index contributed by atoms with van der Waals surface area (Å²) < 4.78 is 22.5. The van der Waals surface area contributed by atoms with E-state index in [0.717, 1.165) is 0 Å². The maximum absolute atomic E-state index is 11.3. The summed E-state index contributed by atoms with van der Waals surface area (Å²) >= 11 is 4.13. The van der Waals surface area contributed by atoms with Gasteiger partial charge in [-0.25, -0.2) is 8.42 Å². The van der Waals surface area contributed by atoms with Crippen molar-refractivity contribution in [1.29, 1.82) is 5.26 Å². The van der Waals surface area contributed by atoms with Gasteiger partial charge in [0.05, 0.1) is 16.5 Å². The molecule has 3 nitrogen and oxygen atoms in total. The number of rotatable bonds is 2. The Labute approximate surface area is 98.5 Å². The number of hydrogen-bond acceptors (Lipinski definition) is 4. The molecule has 0 atom stereocenters. The zero-order chi connectivity index (χ0) is 11.6. The van der Waals surface area contributed by atoms with E-state index in [0.29, 0.717) is 16.9 Å². The van der Waals surface area contributed by atoms with Gasteiger partial charge in [-0.3, -0.25) is 0 Å². The molecule has 0 saturated heterocycles. The number of halogens is 1. The van der Waals surface area contributed by atoms with Crippen LogP contribution in [0.2, 0.25) is 0 Å². The Morgan fingerprint density at radius 1 is 1.53 bits per heavy atom. The molecule has 0 fully saturated rings. The summed E-state index contributed by atoms with van der Waals surface area (Å²) in [4.78, 5) is 0.437. The second-order valence-electron chi connectivity index (χ2n) is 2.88. The van der Waals surface area contributed by atoms with Crippen LogP contribution >= 0.6 is 23.3 Å². The van der Waals surface area contributed by atoms with Gasteiger partial charge in [-0.15, -0.1) is 12.6 Å². The SMILES string of the molecule is CCc1c(S)cc(C#N)cc1S(=O)(=O)Cl. The van der Waals surface area contributed by atoms with Gasteiger partial charge in [-0.2, -0.15) is 5.26 Å². The van der Waals surface area contributed by atoms with Crippen LogP contribution in [0.4, 0.5) is 0 Å². The highest BCUT2D eigenvalue weighted by molar-refractivity contribution is 8.13. The van der Waals surface area contributed by atoms with Crippen LogP contribution < -0.4 is 0 Å². The van der Waals surface area contributed by atoms with E-state index in [1.54, 1.807) is 6.92 Å². The van der Waals surface area contributed by atoms with Gasteiger partial charge in [0.25, 0.3) is 9.05 Å². The summed E-state index contributed by atoms with van der Waals surface area (Å²) in [7, 11) is 1.44. The maximum Gasteiger partial charge on any atom is 0.261 e. The molecule has 0 radical (unpaired) electrons. The van der Waals surface area contributed by atoms with Crippen molar-refractivity contribution in [2.24, 2.45) is 0 Å². The van der Waals surface area contributed by atoms with Gasteiger partial charge in [0.2, 0.25) is 0 Å². The molecule has 0 unspecified atom stereocenters. The highest BCUT2D eigenvalue weighted by Crippen LogP contribution is 2.27. The number of nitrogens with zero attached hydrogens (tertiary/aromatic N) is 1. The third-order valence-electron chi connectivity index (χ3n) is 1.93. The second kappa shape index (κ2) is 4.44.